The number of hydrogen-bond acceptors (Lipinski definition) is 2. The van der Waals surface area contributed by atoms with E-state index in [1.54, 1.807) is 0 Å². The molecule has 0 aliphatic heterocycles. The van der Waals surface area contributed by atoms with Crippen LogP contribution in [-0.2, 0) is 0 Å². The molecule has 0 amide bonds. The maximum Gasteiger partial charge on any atom is 0.0691 e. The first kappa shape index (κ1) is 16.2. The van der Waals surface area contributed by atoms with Gasteiger partial charge in [-0.05, 0) is 63.8 Å². The highest BCUT2D eigenvalue weighted by atomic mass is 14.8. The van der Waals surface area contributed by atoms with Gasteiger partial charge in [-0.2, -0.15) is 0 Å². The van der Waals surface area contributed by atoms with Crippen molar-refractivity contribution < 1.29 is 0 Å². The number of rotatable bonds is 3. The highest BCUT2D eigenvalue weighted by Gasteiger charge is 2.05. The molecule has 114 valence electrons. The summed E-state index contributed by atoms with van der Waals surface area (Å²) in [6, 6.07) is 12.5. The van der Waals surface area contributed by atoms with Crippen molar-refractivity contribution >= 4 is 22.8 Å². The van der Waals surface area contributed by atoms with Crippen molar-refractivity contribution in [1.29, 1.82) is 0 Å². The molecule has 2 rings (SSSR count). The van der Waals surface area contributed by atoms with Crippen molar-refractivity contribution in [2.45, 2.75) is 41.5 Å². The summed E-state index contributed by atoms with van der Waals surface area (Å²) in [5, 5.41) is 0. The van der Waals surface area contributed by atoms with E-state index < -0.39 is 0 Å². The highest BCUT2D eigenvalue weighted by molar-refractivity contribution is 6.41. The van der Waals surface area contributed by atoms with E-state index in [-0.39, 0.29) is 0 Å². The third-order valence-corrected chi connectivity index (χ3v) is 3.96. The van der Waals surface area contributed by atoms with Crippen LogP contribution in [0.25, 0.3) is 0 Å². The van der Waals surface area contributed by atoms with Crippen molar-refractivity contribution in [3.05, 3.63) is 58.7 Å². The Balaban J connectivity index is 2.42. The molecule has 0 heterocycles. The van der Waals surface area contributed by atoms with Crippen LogP contribution in [0.5, 0.6) is 0 Å². The summed E-state index contributed by atoms with van der Waals surface area (Å²) in [4.78, 5) is 9.60. The van der Waals surface area contributed by atoms with E-state index in [2.05, 4.69) is 64.1 Å². The third-order valence-electron chi connectivity index (χ3n) is 3.96. The van der Waals surface area contributed by atoms with Crippen LogP contribution in [-0.4, -0.2) is 11.4 Å². The molecule has 0 aliphatic carbocycles. The zero-order chi connectivity index (χ0) is 16.3. The van der Waals surface area contributed by atoms with Gasteiger partial charge >= 0.3 is 0 Å². The van der Waals surface area contributed by atoms with Gasteiger partial charge in [-0.3, -0.25) is 9.98 Å². The topological polar surface area (TPSA) is 24.7 Å². The summed E-state index contributed by atoms with van der Waals surface area (Å²) in [5.41, 5.74) is 8.80. The summed E-state index contributed by atoms with van der Waals surface area (Å²) in [6.07, 6.45) is 0. The van der Waals surface area contributed by atoms with Gasteiger partial charge in [0.25, 0.3) is 0 Å². The van der Waals surface area contributed by atoms with E-state index in [9.17, 15) is 0 Å². The Morgan fingerprint density at radius 2 is 0.864 bits per heavy atom. The van der Waals surface area contributed by atoms with E-state index in [0.29, 0.717) is 0 Å². The molecule has 0 N–H and O–H groups in total. The van der Waals surface area contributed by atoms with Gasteiger partial charge < -0.3 is 0 Å². The molecule has 0 radical (unpaired) electrons. The summed E-state index contributed by atoms with van der Waals surface area (Å²) in [6.45, 7) is 12.4. The largest absolute Gasteiger partial charge is 0.251 e. The van der Waals surface area contributed by atoms with E-state index in [1.807, 2.05) is 13.8 Å². The lowest BCUT2D eigenvalue weighted by Crippen LogP contribution is -2.05. The molecule has 22 heavy (non-hydrogen) atoms. The number of nitrogens with zero attached hydrogens (tertiary/aromatic N) is 2. The summed E-state index contributed by atoms with van der Waals surface area (Å²) < 4.78 is 0. The lowest BCUT2D eigenvalue weighted by Gasteiger charge is -2.08. The number of aliphatic imine (C=N–C) groups is 2. The van der Waals surface area contributed by atoms with Gasteiger partial charge in [0.2, 0.25) is 0 Å². The molecule has 2 aromatic carbocycles. The minimum absolute atomic E-state index is 0.958. The smallest absolute Gasteiger partial charge is 0.0691 e. The van der Waals surface area contributed by atoms with Crippen LogP contribution in [0, 0.1) is 27.7 Å². The van der Waals surface area contributed by atoms with E-state index >= 15 is 0 Å². The highest BCUT2D eigenvalue weighted by Crippen LogP contribution is 2.25. The predicted molar refractivity (Wildman–Crippen MR) is 97.4 cm³/mol. The summed E-state index contributed by atoms with van der Waals surface area (Å²) in [7, 11) is 0. The predicted octanol–water partition coefficient (Wildman–Crippen LogP) is 5.81. The molecule has 2 nitrogen and oxygen atoms in total. The average molecular weight is 292 g/mol. The van der Waals surface area contributed by atoms with Crippen LogP contribution in [0.15, 0.2) is 46.4 Å². The zero-order valence-electron chi connectivity index (χ0n) is 14.4. The van der Waals surface area contributed by atoms with Crippen LogP contribution < -0.4 is 0 Å². The Morgan fingerprint density at radius 3 is 1.14 bits per heavy atom. The monoisotopic (exact) mass is 292 g/mol. The number of hydrogen-bond donors (Lipinski definition) is 0. The second-order valence-corrected chi connectivity index (χ2v) is 5.88. The van der Waals surface area contributed by atoms with Gasteiger partial charge in [0.15, 0.2) is 0 Å². The van der Waals surface area contributed by atoms with Gasteiger partial charge in [0.05, 0.1) is 22.8 Å². The minimum Gasteiger partial charge on any atom is -0.251 e. The van der Waals surface area contributed by atoms with Crippen LogP contribution in [0.4, 0.5) is 11.4 Å². The molecule has 0 fully saturated rings. The Bertz CT molecular complexity index is 646. The minimum atomic E-state index is 0.958. The van der Waals surface area contributed by atoms with Gasteiger partial charge in [0, 0.05) is 0 Å². The lowest BCUT2D eigenvalue weighted by molar-refractivity contribution is 1.31. The van der Waals surface area contributed by atoms with Crippen LogP contribution in [0.2, 0.25) is 0 Å². The standard InChI is InChI=1S/C20H24N2/c1-13-9-7-10-14(2)19(13)21-17(5)18(6)22-20-15(3)11-8-12-16(20)4/h7-12H,1-6H3. The first-order chi connectivity index (χ1) is 10.4. The quantitative estimate of drug-likeness (QED) is 0.638. The molecule has 0 spiro atoms. The molecule has 0 saturated heterocycles. The van der Waals surface area contributed by atoms with Gasteiger partial charge in [0.1, 0.15) is 0 Å². The number of benzene rings is 2. The van der Waals surface area contributed by atoms with Gasteiger partial charge in [-0.15, -0.1) is 0 Å². The van der Waals surface area contributed by atoms with Crippen molar-refractivity contribution in [2.75, 3.05) is 0 Å². The molecule has 2 aromatic rings. The number of aryl methyl sites for hydroxylation is 4. The van der Waals surface area contributed by atoms with Crippen molar-refractivity contribution in [1.82, 2.24) is 0 Å². The Morgan fingerprint density at radius 1 is 0.591 bits per heavy atom. The Hall–Kier alpha value is -2.22. The molecular weight excluding hydrogens is 268 g/mol. The number of para-hydroxylation sites is 2. The Labute approximate surface area is 133 Å². The molecule has 0 bridgehead atoms. The molecule has 0 aliphatic rings. The fourth-order valence-electron chi connectivity index (χ4n) is 2.46. The molecular formula is C20H24N2. The van der Waals surface area contributed by atoms with Crippen LogP contribution in [0.1, 0.15) is 36.1 Å². The lowest BCUT2D eigenvalue weighted by atomic mass is 10.1. The van der Waals surface area contributed by atoms with Crippen LogP contribution in [0.3, 0.4) is 0 Å². The molecule has 0 saturated carbocycles. The molecule has 2 heteroatoms. The summed E-state index contributed by atoms with van der Waals surface area (Å²) >= 11 is 0. The first-order valence-corrected chi connectivity index (χ1v) is 7.63. The van der Waals surface area contributed by atoms with Crippen molar-refractivity contribution in [2.24, 2.45) is 9.98 Å². The van der Waals surface area contributed by atoms with Gasteiger partial charge in [-0.1, -0.05) is 36.4 Å². The van der Waals surface area contributed by atoms with Crippen LogP contribution >= 0.6 is 0 Å². The fraction of sp³-hybridized carbons (Fsp3) is 0.300. The molecule has 0 unspecified atom stereocenters. The zero-order valence-corrected chi connectivity index (χ0v) is 14.4. The molecule has 0 atom stereocenters. The maximum absolute atomic E-state index is 4.80. The maximum atomic E-state index is 4.80. The van der Waals surface area contributed by atoms with Crippen molar-refractivity contribution in [3.8, 4) is 0 Å². The summed E-state index contributed by atoms with van der Waals surface area (Å²) in [5.74, 6) is 0. The average Bonchev–Trinajstić information content (AvgIpc) is 2.46. The SMILES string of the molecule is CC(=Nc1c(C)cccc1C)C(C)=Nc1c(C)cccc1C. The van der Waals surface area contributed by atoms with Crippen molar-refractivity contribution in [3.63, 3.8) is 0 Å². The van der Waals surface area contributed by atoms with E-state index in [0.717, 1.165) is 22.8 Å². The van der Waals surface area contributed by atoms with E-state index in [1.165, 1.54) is 22.3 Å². The van der Waals surface area contributed by atoms with E-state index in [4.69, 9.17) is 9.98 Å². The normalized spacial score (nSPS) is 12.6. The Kier molecular flexibility index (Phi) is 4.92. The fourth-order valence-corrected chi connectivity index (χ4v) is 2.46. The second kappa shape index (κ2) is 6.69. The first-order valence-electron chi connectivity index (χ1n) is 7.63. The second-order valence-electron chi connectivity index (χ2n) is 5.88. The molecule has 0 aromatic heterocycles. The van der Waals surface area contributed by atoms with Gasteiger partial charge in [-0.25, -0.2) is 0 Å². The third kappa shape index (κ3) is 3.51.